The highest BCUT2D eigenvalue weighted by molar-refractivity contribution is 4.64. The number of rotatable bonds is 8. The molecule has 86 valence electrons. The molecule has 2 nitrogen and oxygen atoms in total. The van der Waals surface area contributed by atoms with E-state index in [1.807, 2.05) is 0 Å². The first kappa shape index (κ1) is 13.9. The average Bonchev–Trinajstić information content (AvgIpc) is 2.12. The van der Waals surface area contributed by atoms with Gasteiger partial charge >= 0.3 is 0 Å². The molecule has 0 radical (unpaired) electrons. The molecule has 0 amide bonds. The number of hydrogen-bond donors (Lipinski definition) is 1. The highest BCUT2D eigenvalue weighted by Gasteiger charge is 2.09. The summed E-state index contributed by atoms with van der Waals surface area (Å²) in [7, 11) is 2.20. The molecular formula is C12H28N2. The first-order valence-corrected chi connectivity index (χ1v) is 5.98. The fourth-order valence-corrected chi connectivity index (χ4v) is 1.90. The molecule has 0 aromatic rings. The largest absolute Gasteiger partial charge is 0.330 e. The summed E-state index contributed by atoms with van der Waals surface area (Å²) in [6.45, 7) is 10.0. The molecule has 0 aromatic heterocycles. The number of nitrogens with two attached hydrogens (primary N) is 1. The van der Waals surface area contributed by atoms with Crippen LogP contribution in [-0.2, 0) is 0 Å². The van der Waals surface area contributed by atoms with Crippen molar-refractivity contribution in [1.82, 2.24) is 4.90 Å². The molecule has 1 atom stereocenters. The van der Waals surface area contributed by atoms with E-state index in [1.165, 1.54) is 32.4 Å². The van der Waals surface area contributed by atoms with E-state index in [0.717, 1.165) is 12.5 Å². The third kappa shape index (κ3) is 7.34. The van der Waals surface area contributed by atoms with Crippen LogP contribution in [0.2, 0.25) is 0 Å². The van der Waals surface area contributed by atoms with Crippen LogP contribution in [0.5, 0.6) is 0 Å². The molecule has 0 saturated heterocycles. The zero-order valence-corrected chi connectivity index (χ0v) is 10.4. The maximum Gasteiger partial charge on any atom is -0.00187 e. The van der Waals surface area contributed by atoms with Crippen LogP contribution in [0.25, 0.3) is 0 Å². The minimum Gasteiger partial charge on any atom is -0.330 e. The molecule has 0 spiro atoms. The van der Waals surface area contributed by atoms with E-state index in [4.69, 9.17) is 5.73 Å². The van der Waals surface area contributed by atoms with Crippen LogP contribution in [0, 0.1) is 11.8 Å². The predicted molar refractivity (Wildman–Crippen MR) is 64.4 cm³/mol. The minimum atomic E-state index is 0.717. The zero-order chi connectivity index (χ0) is 11.0. The van der Waals surface area contributed by atoms with Crippen LogP contribution in [-0.4, -0.2) is 31.6 Å². The molecule has 2 N–H and O–H groups in total. The van der Waals surface area contributed by atoms with E-state index in [-0.39, 0.29) is 0 Å². The predicted octanol–water partition coefficient (Wildman–Crippen LogP) is 2.34. The molecule has 2 heteroatoms. The van der Waals surface area contributed by atoms with Gasteiger partial charge in [0.1, 0.15) is 0 Å². The van der Waals surface area contributed by atoms with Gasteiger partial charge in [-0.15, -0.1) is 0 Å². The van der Waals surface area contributed by atoms with Crippen molar-refractivity contribution in [1.29, 1.82) is 0 Å². The Hall–Kier alpha value is -0.0800. The van der Waals surface area contributed by atoms with E-state index in [9.17, 15) is 0 Å². The summed E-state index contributed by atoms with van der Waals surface area (Å²) in [5.74, 6) is 1.49. The van der Waals surface area contributed by atoms with Gasteiger partial charge < -0.3 is 10.6 Å². The lowest BCUT2D eigenvalue weighted by molar-refractivity contribution is 0.285. The third-order valence-corrected chi connectivity index (χ3v) is 2.66. The maximum absolute atomic E-state index is 5.76. The monoisotopic (exact) mass is 200 g/mol. The van der Waals surface area contributed by atoms with E-state index >= 15 is 0 Å². The van der Waals surface area contributed by atoms with Crippen LogP contribution in [0.15, 0.2) is 0 Å². The molecule has 0 saturated carbocycles. The number of nitrogens with zero attached hydrogens (tertiary/aromatic N) is 1. The summed E-state index contributed by atoms with van der Waals surface area (Å²) >= 11 is 0. The van der Waals surface area contributed by atoms with Crippen LogP contribution < -0.4 is 5.73 Å². The third-order valence-electron chi connectivity index (χ3n) is 2.66. The minimum absolute atomic E-state index is 0.717. The second-order valence-corrected chi connectivity index (χ2v) is 4.82. The summed E-state index contributed by atoms with van der Waals surface area (Å²) in [5.41, 5.74) is 5.76. The lowest BCUT2D eigenvalue weighted by Crippen LogP contribution is -2.25. The summed E-state index contributed by atoms with van der Waals surface area (Å²) < 4.78 is 0. The lowest BCUT2D eigenvalue weighted by atomic mass is 9.94. The first-order valence-electron chi connectivity index (χ1n) is 5.98. The highest BCUT2D eigenvalue weighted by atomic mass is 15.1. The van der Waals surface area contributed by atoms with E-state index < -0.39 is 0 Å². The Kier molecular flexibility index (Phi) is 8.20. The Balaban J connectivity index is 3.60. The van der Waals surface area contributed by atoms with Gasteiger partial charge in [0, 0.05) is 0 Å². The Morgan fingerprint density at radius 3 is 2.29 bits per heavy atom. The van der Waals surface area contributed by atoms with Gasteiger partial charge in [-0.25, -0.2) is 0 Å². The van der Waals surface area contributed by atoms with Gasteiger partial charge in [-0.2, -0.15) is 0 Å². The molecule has 14 heavy (non-hydrogen) atoms. The van der Waals surface area contributed by atoms with E-state index in [1.54, 1.807) is 0 Å². The molecule has 1 unspecified atom stereocenters. The first-order chi connectivity index (χ1) is 6.60. The fourth-order valence-electron chi connectivity index (χ4n) is 1.90. The van der Waals surface area contributed by atoms with Crippen LogP contribution >= 0.6 is 0 Å². The van der Waals surface area contributed by atoms with Gasteiger partial charge in [0.2, 0.25) is 0 Å². The molecule has 0 aromatic carbocycles. The summed E-state index contributed by atoms with van der Waals surface area (Å²) in [4.78, 5) is 2.41. The summed E-state index contributed by atoms with van der Waals surface area (Å²) in [6, 6.07) is 0. The van der Waals surface area contributed by atoms with Crippen molar-refractivity contribution in [2.75, 3.05) is 26.7 Å². The SMILES string of the molecule is CCCN(C)CCC(CN)CC(C)C. The Morgan fingerprint density at radius 1 is 1.21 bits per heavy atom. The van der Waals surface area contributed by atoms with Crippen LogP contribution in [0.4, 0.5) is 0 Å². The van der Waals surface area contributed by atoms with Crippen LogP contribution in [0.3, 0.4) is 0 Å². The summed E-state index contributed by atoms with van der Waals surface area (Å²) in [6.07, 6.45) is 3.77. The van der Waals surface area contributed by atoms with E-state index in [0.29, 0.717) is 5.92 Å². The number of hydrogen-bond acceptors (Lipinski definition) is 2. The summed E-state index contributed by atoms with van der Waals surface area (Å²) in [5, 5.41) is 0. The quantitative estimate of drug-likeness (QED) is 0.651. The molecule has 0 heterocycles. The topological polar surface area (TPSA) is 29.3 Å². The van der Waals surface area contributed by atoms with Gasteiger partial charge in [0.15, 0.2) is 0 Å². The molecule has 0 aliphatic heterocycles. The van der Waals surface area contributed by atoms with Crippen molar-refractivity contribution in [3.05, 3.63) is 0 Å². The molecule has 0 bridgehead atoms. The Bertz CT molecular complexity index is 123. The smallest absolute Gasteiger partial charge is 0.00187 e. The van der Waals surface area contributed by atoms with Crippen molar-refractivity contribution >= 4 is 0 Å². The Morgan fingerprint density at radius 2 is 1.86 bits per heavy atom. The normalized spacial score (nSPS) is 13.9. The second kappa shape index (κ2) is 8.25. The second-order valence-electron chi connectivity index (χ2n) is 4.82. The van der Waals surface area contributed by atoms with Crippen molar-refractivity contribution in [3.8, 4) is 0 Å². The molecule has 0 rings (SSSR count). The van der Waals surface area contributed by atoms with Gasteiger partial charge in [0.05, 0.1) is 0 Å². The standard InChI is InChI=1S/C12H28N2/c1-5-7-14(4)8-6-12(10-13)9-11(2)3/h11-12H,5-10,13H2,1-4H3. The van der Waals surface area contributed by atoms with Gasteiger partial charge in [-0.3, -0.25) is 0 Å². The van der Waals surface area contributed by atoms with Crippen molar-refractivity contribution in [3.63, 3.8) is 0 Å². The lowest BCUT2D eigenvalue weighted by Gasteiger charge is -2.21. The fraction of sp³-hybridized carbons (Fsp3) is 1.00. The van der Waals surface area contributed by atoms with Crippen LogP contribution in [0.1, 0.15) is 40.0 Å². The van der Waals surface area contributed by atoms with Gasteiger partial charge in [-0.1, -0.05) is 20.8 Å². The maximum atomic E-state index is 5.76. The highest BCUT2D eigenvalue weighted by Crippen LogP contribution is 2.14. The molecule has 0 fully saturated rings. The molecule has 0 aliphatic rings. The molecule has 0 aliphatic carbocycles. The average molecular weight is 200 g/mol. The van der Waals surface area contributed by atoms with Gasteiger partial charge in [0.25, 0.3) is 0 Å². The van der Waals surface area contributed by atoms with Crippen molar-refractivity contribution in [2.24, 2.45) is 17.6 Å². The molecular weight excluding hydrogens is 172 g/mol. The zero-order valence-electron chi connectivity index (χ0n) is 10.4. The van der Waals surface area contributed by atoms with Crippen molar-refractivity contribution in [2.45, 2.75) is 40.0 Å². The van der Waals surface area contributed by atoms with Crippen molar-refractivity contribution < 1.29 is 0 Å². The van der Waals surface area contributed by atoms with Gasteiger partial charge in [-0.05, 0) is 57.8 Å². The van der Waals surface area contributed by atoms with E-state index in [2.05, 4.69) is 32.7 Å². The Labute approximate surface area is 89.9 Å².